The van der Waals surface area contributed by atoms with Gasteiger partial charge in [-0.1, -0.05) is 30.3 Å². The molecule has 0 aliphatic carbocycles. The molecule has 2 rings (SSSR count). The monoisotopic (exact) mass is 263 g/mol. The molecular formula is C14H17NO4. The second-order valence-electron chi connectivity index (χ2n) is 4.60. The third-order valence-corrected chi connectivity index (χ3v) is 3.19. The highest BCUT2D eigenvalue weighted by atomic mass is 16.5. The lowest BCUT2D eigenvalue weighted by atomic mass is 9.99. The summed E-state index contributed by atoms with van der Waals surface area (Å²) in [6.07, 6.45) is 0.733. The van der Waals surface area contributed by atoms with Crippen LogP contribution in [0.25, 0.3) is 0 Å². The number of ether oxygens (including phenoxy) is 2. The van der Waals surface area contributed by atoms with Crippen LogP contribution in [0.1, 0.15) is 18.4 Å². The zero-order valence-electron chi connectivity index (χ0n) is 10.8. The minimum absolute atomic E-state index is 0.125. The molecule has 1 fully saturated rings. The average molecular weight is 263 g/mol. The van der Waals surface area contributed by atoms with Crippen molar-refractivity contribution in [1.82, 2.24) is 5.32 Å². The fraction of sp³-hybridized carbons (Fsp3) is 0.429. The van der Waals surface area contributed by atoms with Crippen LogP contribution in [0.4, 0.5) is 0 Å². The molecule has 0 radical (unpaired) electrons. The van der Waals surface area contributed by atoms with Crippen molar-refractivity contribution >= 4 is 11.9 Å². The first-order chi connectivity index (χ1) is 9.16. The molecule has 0 aromatic heterocycles. The maximum atomic E-state index is 11.8. The summed E-state index contributed by atoms with van der Waals surface area (Å²) in [5.74, 6) is -0.597. The second-order valence-corrected chi connectivity index (χ2v) is 4.60. The predicted molar refractivity (Wildman–Crippen MR) is 68.2 cm³/mol. The van der Waals surface area contributed by atoms with E-state index in [9.17, 15) is 9.59 Å². The number of esters is 1. The van der Waals surface area contributed by atoms with Crippen LogP contribution in [0.2, 0.25) is 0 Å². The molecule has 1 saturated heterocycles. The second kappa shape index (κ2) is 5.84. The Morgan fingerprint density at radius 2 is 2.11 bits per heavy atom. The van der Waals surface area contributed by atoms with Gasteiger partial charge >= 0.3 is 5.97 Å². The van der Waals surface area contributed by atoms with Gasteiger partial charge in [0, 0.05) is 6.42 Å². The van der Waals surface area contributed by atoms with E-state index >= 15 is 0 Å². The van der Waals surface area contributed by atoms with Gasteiger partial charge in [-0.2, -0.15) is 0 Å². The summed E-state index contributed by atoms with van der Waals surface area (Å²) in [7, 11) is 1.31. The number of methoxy groups -OCH3 is 1. The molecule has 0 saturated carbocycles. The molecule has 0 bridgehead atoms. The molecule has 5 heteroatoms. The molecular weight excluding hydrogens is 246 g/mol. The number of hydrogen-bond donors (Lipinski definition) is 1. The minimum atomic E-state index is -1.03. The first kappa shape index (κ1) is 13.5. The van der Waals surface area contributed by atoms with E-state index in [4.69, 9.17) is 9.47 Å². The third-order valence-electron chi connectivity index (χ3n) is 3.19. The van der Waals surface area contributed by atoms with Crippen molar-refractivity contribution in [3.8, 4) is 0 Å². The van der Waals surface area contributed by atoms with Crippen LogP contribution in [0.3, 0.4) is 0 Å². The maximum absolute atomic E-state index is 11.8. The number of benzene rings is 1. The summed E-state index contributed by atoms with van der Waals surface area (Å²) in [4.78, 5) is 23.1. The molecule has 1 aliphatic rings. The zero-order chi connectivity index (χ0) is 13.7. The third kappa shape index (κ3) is 3.12. The zero-order valence-corrected chi connectivity index (χ0v) is 10.8. The molecule has 5 nitrogen and oxygen atoms in total. The lowest BCUT2D eigenvalue weighted by Gasteiger charge is -2.25. The van der Waals surface area contributed by atoms with Crippen molar-refractivity contribution in [1.29, 1.82) is 0 Å². The van der Waals surface area contributed by atoms with E-state index in [-0.39, 0.29) is 12.5 Å². The summed E-state index contributed by atoms with van der Waals surface area (Å²) < 4.78 is 10.3. The smallest absolute Gasteiger partial charge is 0.334 e. The highest BCUT2D eigenvalue weighted by Gasteiger charge is 2.45. The molecule has 1 aromatic carbocycles. The first-order valence-corrected chi connectivity index (χ1v) is 6.17. The van der Waals surface area contributed by atoms with E-state index < -0.39 is 11.5 Å². The van der Waals surface area contributed by atoms with Crippen molar-refractivity contribution in [2.24, 2.45) is 0 Å². The standard InChI is InChI=1S/C14H17NO4/c1-18-13(17)14(8-7-12(16)15-14)10-19-9-11-5-3-2-4-6-11/h2-6H,7-10H2,1H3,(H,15,16)/t14-/m0/s1. The number of nitrogens with one attached hydrogen (secondary N) is 1. The SMILES string of the molecule is COC(=O)[C@@]1(COCc2ccccc2)CCC(=O)N1. The Kier molecular flexibility index (Phi) is 4.16. The van der Waals surface area contributed by atoms with Gasteiger partial charge in [-0.05, 0) is 12.0 Å². The van der Waals surface area contributed by atoms with Crippen LogP contribution in [-0.4, -0.2) is 31.1 Å². The number of carbonyl (C=O) groups excluding carboxylic acids is 2. The number of rotatable bonds is 5. The molecule has 1 amide bonds. The van der Waals surface area contributed by atoms with Gasteiger partial charge in [0.1, 0.15) is 0 Å². The summed E-state index contributed by atoms with van der Waals surface area (Å²) in [5.41, 5.74) is -0.00695. The first-order valence-electron chi connectivity index (χ1n) is 6.17. The quantitative estimate of drug-likeness (QED) is 0.806. The van der Waals surface area contributed by atoms with Crippen LogP contribution in [0.5, 0.6) is 0 Å². The fourth-order valence-electron chi connectivity index (χ4n) is 2.15. The van der Waals surface area contributed by atoms with Gasteiger partial charge in [0.25, 0.3) is 0 Å². The van der Waals surface area contributed by atoms with Gasteiger partial charge in [-0.15, -0.1) is 0 Å². The Morgan fingerprint density at radius 1 is 1.37 bits per heavy atom. The molecule has 1 aliphatic heterocycles. The molecule has 102 valence electrons. The molecule has 1 N–H and O–H groups in total. The van der Waals surface area contributed by atoms with E-state index in [1.54, 1.807) is 0 Å². The summed E-state index contributed by atoms with van der Waals surface area (Å²) in [5, 5.41) is 2.67. The van der Waals surface area contributed by atoms with Crippen LogP contribution >= 0.6 is 0 Å². The van der Waals surface area contributed by atoms with Crippen molar-refractivity contribution in [3.63, 3.8) is 0 Å². The van der Waals surface area contributed by atoms with E-state index in [0.717, 1.165) is 5.56 Å². The predicted octanol–water partition coefficient (Wildman–Crippen LogP) is 1.02. The number of amides is 1. The van der Waals surface area contributed by atoms with Crippen LogP contribution < -0.4 is 5.32 Å². The Morgan fingerprint density at radius 3 is 2.68 bits per heavy atom. The lowest BCUT2D eigenvalue weighted by molar-refractivity contribution is -0.152. The normalized spacial score (nSPS) is 22.1. The van der Waals surface area contributed by atoms with Gasteiger partial charge in [-0.25, -0.2) is 4.79 Å². The Bertz CT molecular complexity index is 460. The van der Waals surface area contributed by atoms with Crippen LogP contribution in [0, 0.1) is 0 Å². The van der Waals surface area contributed by atoms with E-state index in [2.05, 4.69) is 5.32 Å². The summed E-state index contributed by atoms with van der Waals surface area (Å²) >= 11 is 0. The topological polar surface area (TPSA) is 64.6 Å². The molecule has 1 aromatic rings. The van der Waals surface area contributed by atoms with Crippen LogP contribution in [-0.2, 0) is 25.7 Å². The average Bonchev–Trinajstić information content (AvgIpc) is 2.82. The maximum Gasteiger partial charge on any atom is 0.334 e. The summed E-state index contributed by atoms with van der Waals surface area (Å²) in [6, 6.07) is 9.66. The highest BCUT2D eigenvalue weighted by Crippen LogP contribution is 2.22. The van der Waals surface area contributed by atoms with Gasteiger partial charge < -0.3 is 14.8 Å². The molecule has 1 heterocycles. The molecule has 19 heavy (non-hydrogen) atoms. The Labute approximate surface area is 111 Å². The Hall–Kier alpha value is -1.88. The van der Waals surface area contributed by atoms with Gasteiger partial charge in [0.2, 0.25) is 5.91 Å². The van der Waals surface area contributed by atoms with Crippen molar-refractivity contribution in [3.05, 3.63) is 35.9 Å². The van der Waals surface area contributed by atoms with Crippen molar-refractivity contribution in [2.45, 2.75) is 25.0 Å². The van der Waals surface area contributed by atoms with E-state index in [1.165, 1.54) is 7.11 Å². The minimum Gasteiger partial charge on any atom is -0.467 e. The van der Waals surface area contributed by atoms with Gasteiger partial charge in [0.15, 0.2) is 5.54 Å². The summed E-state index contributed by atoms with van der Waals surface area (Å²) in [6.45, 7) is 0.524. The van der Waals surface area contributed by atoms with Gasteiger partial charge in [0.05, 0.1) is 20.3 Å². The molecule has 0 spiro atoms. The highest BCUT2D eigenvalue weighted by molar-refractivity contribution is 5.91. The molecule has 1 atom stereocenters. The van der Waals surface area contributed by atoms with E-state index in [0.29, 0.717) is 19.4 Å². The van der Waals surface area contributed by atoms with E-state index in [1.807, 2.05) is 30.3 Å². The largest absolute Gasteiger partial charge is 0.467 e. The Balaban J connectivity index is 1.94. The van der Waals surface area contributed by atoms with Gasteiger partial charge in [-0.3, -0.25) is 4.79 Å². The molecule has 0 unspecified atom stereocenters. The fourth-order valence-corrected chi connectivity index (χ4v) is 2.15. The number of carbonyl (C=O) groups is 2. The number of hydrogen-bond acceptors (Lipinski definition) is 4. The lowest BCUT2D eigenvalue weighted by Crippen LogP contribution is -2.53. The van der Waals surface area contributed by atoms with Crippen molar-refractivity contribution < 1.29 is 19.1 Å². The van der Waals surface area contributed by atoms with Crippen LogP contribution in [0.15, 0.2) is 30.3 Å². The van der Waals surface area contributed by atoms with Crippen molar-refractivity contribution in [2.75, 3.05) is 13.7 Å².